The lowest BCUT2D eigenvalue weighted by atomic mass is 10.2. The van der Waals surface area contributed by atoms with E-state index in [0.717, 1.165) is 21.2 Å². The van der Waals surface area contributed by atoms with E-state index in [1.54, 1.807) is 18.2 Å². The molecule has 104 valence electrons. The van der Waals surface area contributed by atoms with E-state index in [2.05, 4.69) is 27.0 Å². The molecular formula is C15H8BrCl2N3. The molecule has 0 atom stereocenters. The van der Waals surface area contributed by atoms with E-state index in [-0.39, 0.29) is 5.88 Å². The van der Waals surface area contributed by atoms with Gasteiger partial charge in [-0.1, -0.05) is 27.5 Å². The van der Waals surface area contributed by atoms with E-state index in [0.29, 0.717) is 16.4 Å². The van der Waals surface area contributed by atoms with Crippen LogP contribution in [0.5, 0.6) is 0 Å². The number of hydrogen-bond donors (Lipinski definition) is 0. The number of halogens is 3. The number of nitriles is 1. The smallest absolute Gasteiger partial charge is 0.129 e. The zero-order chi connectivity index (χ0) is 15.0. The Kier molecular flexibility index (Phi) is 3.90. The fraction of sp³-hybridized carbons (Fsp3) is 0.0667. The molecular weight excluding hydrogens is 373 g/mol. The zero-order valence-corrected chi connectivity index (χ0v) is 13.7. The van der Waals surface area contributed by atoms with Crippen molar-refractivity contribution in [3.8, 4) is 11.8 Å². The molecule has 6 heteroatoms. The summed E-state index contributed by atoms with van der Waals surface area (Å²) in [5.41, 5.74) is 3.02. The number of hydrogen-bond acceptors (Lipinski definition) is 2. The Bertz CT molecular complexity index is 880. The van der Waals surface area contributed by atoms with Crippen LogP contribution in [-0.4, -0.2) is 9.55 Å². The molecule has 3 rings (SSSR count). The third-order valence-electron chi connectivity index (χ3n) is 3.12. The summed E-state index contributed by atoms with van der Waals surface area (Å²) in [4.78, 5) is 4.52. The SMILES string of the molecule is N#Cc1ccc(-n2c(CCl)nc3ccc(Br)cc32)c(Cl)c1. The summed E-state index contributed by atoms with van der Waals surface area (Å²) in [6, 6.07) is 13.1. The van der Waals surface area contributed by atoms with Gasteiger partial charge >= 0.3 is 0 Å². The molecule has 1 aromatic heterocycles. The van der Waals surface area contributed by atoms with Crippen LogP contribution in [0.25, 0.3) is 16.7 Å². The fourth-order valence-corrected chi connectivity index (χ4v) is 3.01. The molecule has 0 fully saturated rings. The lowest BCUT2D eigenvalue weighted by Gasteiger charge is -2.10. The Morgan fingerprint density at radius 1 is 1.24 bits per heavy atom. The number of benzene rings is 2. The number of imidazole rings is 1. The number of fused-ring (bicyclic) bond motifs is 1. The van der Waals surface area contributed by atoms with E-state index >= 15 is 0 Å². The van der Waals surface area contributed by atoms with E-state index < -0.39 is 0 Å². The highest BCUT2D eigenvalue weighted by Crippen LogP contribution is 2.29. The van der Waals surface area contributed by atoms with Crippen molar-refractivity contribution >= 4 is 50.2 Å². The second kappa shape index (κ2) is 5.69. The molecule has 0 saturated heterocycles. The van der Waals surface area contributed by atoms with Crippen molar-refractivity contribution in [2.75, 3.05) is 0 Å². The molecule has 0 aliphatic carbocycles. The van der Waals surface area contributed by atoms with Crippen LogP contribution in [-0.2, 0) is 5.88 Å². The summed E-state index contributed by atoms with van der Waals surface area (Å²) in [7, 11) is 0. The molecule has 0 bridgehead atoms. The molecule has 0 radical (unpaired) electrons. The molecule has 0 spiro atoms. The Balaban J connectivity index is 2.33. The molecule has 1 heterocycles. The molecule has 0 N–H and O–H groups in total. The van der Waals surface area contributed by atoms with Crippen molar-refractivity contribution in [1.29, 1.82) is 5.26 Å². The van der Waals surface area contributed by atoms with Crippen molar-refractivity contribution in [2.45, 2.75) is 5.88 Å². The van der Waals surface area contributed by atoms with Crippen molar-refractivity contribution in [3.63, 3.8) is 0 Å². The van der Waals surface area contributed by atoms with Crippen LogP contribution in [0.1, 0.15) is 11.4 Å². The van der Waals surface area contributed by atoms with Crippen LogP contribution in [0.15, 0.2) is 40.9 Å². The van der Waals surface area contributed by atoms with Crippen LogP contribution in [0.3, 0.4) is 0 Å². The molecule has 21 heavy (non-hydrogen) atoms. The van der Waals surface area contributed by atoms with Crippen LogP contribution in [0, 0.1) is 11.3 Å². The van der Waals surface area contributed by atoms with E-state index in [9.17, 15) is 0 Å². The molecule has 0 aliphatic rings. The summed E-state index contributed by atoms with van der Waals surface area (Å²) >= 11 is 15.8. The van der Waals surface area contributed by atoms with Gasteiger partial charge in [0.25, 0.3) is 0 Å². The van der Waals surface area contributed by atoms with Crippen LogP contribution < -0.4 is 0 Å². The van der Waals surface area contributed by atoms with Crippen LogP contribution in [0.2, 0.25) is 5.02 Å². The third kappa shape index (κ3) is 2.53. The van der Waals surface area contributed by atoms with Crippen molar-refractivity contribution in [1.82, 2.24) is 9.55 Å². The van der Waals surface area contributed by atoms with Gasteiger partial charge in [-0.05, 0) is 36.4 Å². The topological polar surface area (TPSA) is 41.6 Å². The predicted octanol–water partition coefficient (Wildman–Crippen LogP) is 5.05. The lowest BCUT2D eigenvalue weighted by molar-refractivity contribution is 0.981. The van der Waals surface area contributed by atoms with Crippen molar-refractivity contribution < 1.29 is 0 Å². The third-order valence-corrected chi connectivity index (χ3v) is 4.16. The first kappa shape index (κ1) is 14.4. The molecule has 0 unspecified atom stereocenters. The lowest BCUT2D eigenvalue weighted by Crippen LogP contribution is -2.00. The molecule has 0 saturated carbocycles. The van der Waals surface area contributed by atoms with Gasteiger partial charge < -0.3 is 0 Å². The number of alkyl halides is 1. The minimum absolute atomic E-state index is 0.266. The average Bonchev–Trinajstić information content (AvgIpc) is 2.84. The summed E-state index contributed by atoms with van der Waals surface area (Å²) in [6.07, 6.45) is 0. The van der Waals surface area contributed by atoms with Gasteiger partial charge in [-0.25, -0.2) is 4.98 Å². The van der Waals surface area contributed by atoms with Gasteiger partial charge in [-0.2, -0.15) is 5.26 Å². The minimum Gasteiger partial charge on any atom is -0.294 e. The quantitative estimate of drug-likeness (QED) is 0.583. The number of aromatic nitrogens is 2. The molecule has 0 aliphatic heterocycles. The Labute approximate surface area is 139 Å². The fourth-order valence-electron chi connectivity index (χ4n) is 2.21. The standard InChI is InChI=1S/C15H8BrCl2N3/c16-10-2-3-12-14(6-10)21(15(7-17)20-12)13-4-1-9(8-19)5-11(13)18/h1-6H,7H2. The highest BCUT2D eigenvalue weighted by molar-refractivity contribution is 9.10. The van der Waals surface area contributed by atoms with Crippen molar-refractivity contribution in [3.05, 3.63) is 57.3 Å². The summed E-state index contributed by atoms with van der Waals surface area (Å²) in [5, 5.41) is 9.42. The summed E-state index contributed by atoms with van der Waals surface area (Å²) < 4.78 is 2.86. The number of nitrogens with zero attached hydrogens (tertiary/aromatic N) is 3. The second-order valence-corrected chi connectivity index (χ2v) is 6.00. The summed E-state index contributed by atoms with van der Waals surface area (Å²) in [6.45, 7) is 0. The first-order valence-corrected chi connectivity index (χ1v) is 7.77. The van der Waals surface area contributed by atoms with Gasteiger partial charge in [-0.3, -0.25) is 4.57 Å². The predicted molar refractivity (Wildman–Crippen MR) is 88.1 cm³/mol. The molecule has 3 aromatic rings. The van der Waals surface area contributed by atoms with E-state index in [4.69, 9.17) is 28.5 Å². The molecule has 3 nitrogen and oxygen atoms in total. The highest BCUT2D eigenvalue weighted by atomic mass is 79.9. The van der Waals surface area contributed by atoms with Crippen molar-refractivity contribution in [2.24, 2.45) is 0 Å². The Morgan fingerprint density at radius 2 is 2.05 bits per heavy atom. The first-order valence-electron chi connectivity index (χ1n) is 6.07. The average molecular weight is 381 g/mol. The monoisotopic (exact) mass is 379 g/mol. The maximum atomic E-state index is 8.94. The first-order chi connectivity index (χ1) is 10.1. The molecule has 2 aromatic carbocycles. The van der Waals surface area contributed by atoms with Gasteiger partial charge in [0.1, 0.15) is 5.82 Å². The normalized spacial score (nSPS) is 10.8. The zero-order valence-electron chi connectivity index (χ0n) is 10.6. The van der Waals surface area contributed by atoms with Gasteiger partial charge in [0, 0.05) is 4.47 Å². The Hall–Kier alpha value is -1.54. The maximum Gasteiger partial charge on any atom is 0.129 e. The van der Waals surface area contributed by atoms with E-state index in [1.807, 2.05) is 22.8 Å². The van der Waals surface area contributed by atoms with E-state index in [1.165, 1.54) is 0 Å². The number of rotatable bonds is 2. The van der Waals surface area contributed by atoms with Crippen LogP contribution in [0.4, 0.5) is 0 Å². The highest BCUT2D eigenvalue weighted by Gasteiger charge is 2.14. The largest absolute Gasteiger partial charge is 0.294 e. The maximum absolute atomic E-state index is 8.94. The Morgan fingerprint density at radius 3 is 2.71 bits per heavy atom. The van der Waals surface area contributed by atoms with Gasteiger partial charge in [0.2, 0.25) is 0 Å². The minimum atomic E-state index is 0.266. The van der Waals surface area contributed by atoms with Gasteiger partial charge in [0.15, 0.2) is 0 Å². The van der Waals surface area contributed by atoms with Gasteiger partial charge in [-0.15, -0.1) is 11.6 Å². The van der Waals surface area contributed by atoms with Crippen LogP contribution >= 0.6 is 39.1 Å². The summed E-state index contributed by atoms with van der Waals surface area (Å²) in [5.74, 6) is 0.971. The second-order valence-electron chi connectivity index (χ2n) is 4.41. The van der Waals surface area contributed by atoms with Gasteiger partial charge in [0.05, 0.1) is 39.3 Å². The molecule has 0 amide bonds.